The van der Waals surface area contributed by atoms with Crippen molar-refractivity contribution in [3.8, 4) is 0 Å². The third-order valence-electron chi connectivity index (χ3n) is 8.37. The molecule has 4 heteroatoms. The maximum Gasteiger partial charge on any atom is 0.215 e. The van der Waals surface area contributed by atoms with Crippen molar-refractivity contribution >= 4 is 0 Å². The van der Waals surface area contributed by atoms with Crippen LogP contribution in [-0.2, 0) is 18.9 Å². The van der Waals surface area contributed by atoms with Crippen molar-refractivity contribution in [3.05, 3.63) is 48.6 Å². The third-order valence-corrected chi connectivity index (χ3v) is 8.37. The molecule has 0 atom stereocenters. The molecule has 0 bridgehead atoms. The first-order valence-corrected chi connectivity index (χ1v) is 19.1. The van der Waals surface area contributed by atoms with E-state index in [1.54, 1.807) is 14.2 Å². The molecular weight excluding hydrogens is 556 g/mol. The standard InChI is InChI=1S/C41H76O4/c1-5-7-9-11-13-15-17-19-21-23-25-27-29-31-33-35-37-44-39-41(42-3,43-4)40-45-38-36-34-32-30-28-26-24-22-20-18-16-14-12-10-8-6-2/h13-16,19-22H,5-12,17-18,23-40H2,1-4H3/b15-13-,16-14-,21-19-,22-20-. The highest BCUT2D eigenvalue weighted by Crippen LogP contribution is 2.15. The van der Waals surface area contributed by atoms with Crippen LogP contribution in [0.4, 0.5) is 0 Å². The predicted molar refractivity (Wildman–Crippen MR) is 197 cm³/mol. The van der Waals surface area contributed by atoms with Gasteiger partial charge in [-0.2, -0.15) is 0 Å². The van der Waals surface area contributed by atoms with E-state index in [-0.39, 0.29) is 0 Å². The maximum atomic E-state index is 5.93. The van der Waals surface area contributed by atoms with Crippen LogP contribution >= 0.6 is 0 Å². The Hall–Kier alpha value is -1.20. The number of methoxy groups -OCH3 is 2. The summed E-state index contributed by atoms with van der Waals surface area (Å²) < 4.78 is 23.2. The number of hydrogen-bond acceptors (Lipinski definition) is 4. The highest BCUT2D eigenvalue weighted by molar-refractivity contribution is 4.93. The average Bonchev–Trinajstić information content (AvgIpc) is 3.06. The average molecular weight is 633 g/mol. The number of rotatable bonds is 36. The molecule has 0 N–H and O–H groups in total. The van der Waals surface area contributed by atoms with Crippen LogP contribution in [-0.4, -0.2) is 46.4 Å². The van der Waals surface area contributed by atoms with Crippen molar-refractivity contribution in [1.82, 2.24) is 0 Å². The molecular formula is C41H76O4. The summed E-state index contributed by atoms with van der Waals surface area (Å²) in [6, 6.07) is 0. The first-order chi connectivity index (χ1) is 22.2. The maximum absolute atomic E-state index is 5.93. The molecule has 264 valence electrons. The summed E-state index contributed by atoms with van der Waals surface area (Å²) in [7, 11) is 3.36. The van der Waals surface area contributed by atoms with Gasteiger partial charge in [0.2, 0.25) is 5.79 Å². The Bertz CT molecular complexity index is 623. The molecule has 0 saturated heterocycles. The van der Waals surface area contributed by atoms with Crippen LogP contribution in [0.25, 0.3) is 0 Å². The van der Waals surface area contributed by atoms with Gasteiger partial charge in [0.1, 0.15) is 13.2 Å². The van der Waals surface area contributed by atoms with Crippen molar-refractivity contribution in [3.63, 3.8) is 0 Å². The molecule has 0 aromatic rings. The Morgan fingerprint density at radius 3 is 1.02 bits per heavy atom. The summed E-state index contributed by atoms with van der Waals surface area (Å²) in [5, 5.41) is 0. The van der Waals surface area contributed by atoms with E-state index < -0.39 is 5.79 Å². The highest BCUT2D eigenvalue weighted by atomic mass is 16.7. The van der Waals surface area contributed by atoms with Gasteiger partial charge in [-0.1, -0.05) is 140 Å². The second-order valence-corrected chi connectivity index (χ2v) is 12.6. The molecule has 0 aliphatic heterocycles. The van der Waals surface area contributed by atoms with E-state index in [9.17, 15) is 0 Å². The minimum Gasteiger partial charge on any atom is -0.376 e. The minimum atomic E-state index is -0.809. The fourth-order valence-electron chi connectivity index (χ4n) is 5.20. The number of allylic oxidation sites excluding steroid dienone is 8. The molecule has 4 nitrogen and oxygen atoms in total. The topological polar surface area (TPSA) is 36.9 Å². The van der Waals surface area contributed by atoms with E-state index in [0.29, 0.717) is 13.2 Å². The largest absolute Gasteiger partial charge is 0.376 e. The van der Waals surface area contributed by atoms with E-state index in [4.69, 9.17) is 18.9 Å². The molecule has 0 radical (unpaired) electrons. The zero-order valence-electron chi connectivity index (χ0n) is 30.6. The first kappa shape index (κ1) is 43.8. The van der Waals surface area contributed by atoms with Gasteiger partial charge in [0, 0.05) is 27.4 Å². The zero-order chi connectivity index (χ0) is 32.8. The van der Waals surface area contributed by atoms with Crippen LogP contribution in [0.3, 0.4) is 0 Å². The van der Waals surface area contributed by atoms with Gasteiger partial charge in [0.25, 0.3) is 0 Å². The van der Waals surface area contributed by atoms with E-state index in [1.807, 2.05) is 0 Å². The lowest BCUT2D eigenvalue weighted by Crippen LogP contribution is -2.44. The summed E-state index contributed by atoms with van der Waals surface area (Å²) >= 11 is 0. The van der Waals surface area contributed by atoms with E-state index in [0.717, 1.165) is 38.9 Å². The Labute approximate surface area is 281 Å². The van der Waals surface area contributed by atoms with Gasteiger partial charge in [-0.15, -0.1) is 0 Å². The molecule has 0 fully saturated rings. The number of unbranched alkanes of at least 4 members (excludes halogenated alkanes) is 18. The Morgan fingerprint density at radius 1 is 0.378 bits per heavy atom. The lowest BCUT2D eigenvalue weighted by Gasteiger charge is -2.30. The van der Waals surface area contributed by atoms with Gasteiger partial charge >= 0.3 is 0 Å². The van der Waals surface area contributed by atoms with Crippen molar-refractivity contribution in [2.24, 2.45) is 0 Å². The van der Waals surface area contributed by atoms with Crippen LogP contribution in [0.5, 0.6) is 0 Å². The summed E-state index contributed by atoms with van der Waals surface area (Å²) in [5.74, 6) is -0.809. The Kier molecular flexibility index (Phi) is 36.3. The SMILES string of the molecule is CCCCC/C=C\C/C=C\CCCCCCCCOCC(COCCCCCCCC/C=C\C/C=C\CCCCC)(OC)OC. The Balaban J connectivity index is 3.61. The van der Waals surface area contributed by atoms with Gasteiger partial charge in [-0.25, -0.2) is 0 Å². The van der Waals surface area contributed by atoms with Crippen molar-refractivity contribution < 1.29 is 18.9 Å². The first-order valence-electron chi connectivity index (χ1n) is 19.1. The molecule has 0 aromatic heterocycles. The lowest BCUT2D eigenvalue weighted by molar-refractivity contribution is -0.259. The van der Waals surface area contributed by atoms with Gasteiger partial charge < -0.3 is 18.9 Å². The van der Waals surface area contributed by atoms with Crippen molar-refractivity contribution in [1.29, 1.82) is 0 Å². The molecule has 0 saturated carbocycles. The number of hydrogen-bond donors (Lipinski definition) is 0. The fourth-order valence-corrected chi connectivity index (χ4v) is 5.20. The molecule has 0 heterocycles. The normalized spacial score (nSPS) is 12.7. The summed E-state index contributed by atoms with van der Waals surface area (Å²) in [6.45, 7) is 6.82. The quantitative estimate of drug-likeness (QED) is 0.0391. The van der Waals surface area contributed by atoms with Gasteiger partial charge in [-0.05, 0) is 77.0 Å². The molecule has 0 unspecified atom stereocenters. The predicted octanol–water partition coefficient (Wildman–Crippen LogP) is 12.6. The second-order valence-electron chi connectivity index (χ2n) is 12.6. The van der Waals surface area contributed by atoms with E-state index >= 15 is 0 Å². The highest BCUT2D eigenvalue weighted by Gasteiger charge is 2.30. The molecule has 0 amide bonds. The summed E-state index contributed by atoms with van der Waals surface area (Å²) in [6.07, 6.45) is 48.7. The van der Waals surface area contributed by atoms with E-state index in [2.05, 4.69) is 62.5 Å². The smallest absolute Gasteiger partial charge is 0.215 e. The third kappa shape index (κ3) is 32.5. The van der Waals surface area contributed by atoms with Crippen LogP contribution in [0.15, 0.2) is 48.6 Å². The minimum absolute atomic E-state index is 0.407. The second kappa shape index (κ2) is 37.3. The number of ether oxygens (including phenoxy) is 4. The Morgan fingerprint density at radius 2 is 0.689 bits per heavy atom. The lowest BCUT2D eigenvalue weighted by atomic mass is 10.1. The monoisotopic (exact) mass is 633 g/mol. The van der Waals surface area contributed by atoms with Crippen LogP contribution < -0.4 is 0 Å². The molecule has 0 spiro atoms. The molecule has 0 aliphatic rings. The van der Waals surface area contributed by atoms with Crippen molar-refractivity contribution in [2.75, 3.05) is 40.6 Å². The molecule has 0 aromatic carbocycles. The molecule has 0 aliphatic carbocycles. The van der Waals surface area contributed by atoms with Crippen molar-refractivity contribution in [2.45, 2.75) is 174 Å². The molecule has 0 rings (SSSR count). The summed E-state index contributed by atoms with van der Waals surface area (Å²) in [4.78, 5) is 0. The van der Waals surface area contributed by atoms with Crippen LogP contribution in [0, 0.1) is 0 Å². The molecule has 45 heavy (non-hydrogen) atoms. The van der Waals surface area contributed by atoms with E-state index in [1.165, 1.54) is 128 Å². The fraction of sp³-hybridized carbons (Fsp3) is 0.805. The van der Waals surface area contributed by atoms with Gasteiger partial charge in [-0.3, -0.25) is 0 Å². The van der Waals surface area contributed by atoms with Crippen LogP contribution in [0.1, 0.15) is 168 Å². The van der Waals surface area contributed by atoms with Gasteiger partial charge in [0.15, 0.2) is 0 Å². The summed E-state index contributed by atoms with van der Waals surface area (Å²) in [5.41, 5.74) is 0. The zero-order valence-corrected chi connectivity index (χ0v) is 30.6. The van der Waals surface area contributed by atoms with Crippen LogP contribution in [0.2, 0.25) is 0 Å². The van der Waals surface area contributed by atoms with Gasteiger partial charge in [0.05, 0.1) is 0 Å².